The Bertz CT molecular complexity index is 132. The van der Waals surface area contributed by atoms with Crippen molar-refractivity contribution in [3.63, 3.8) is 0 Å². The van der Waals surface area contributed by atoms with Crippen molar-refractivity contribution in [2.75, 3.05) is 6.54 Å². The van der Waals surface area contributed by atoms with Gasteiger partial charge in [0.25, 0.3) is 5.91 Å². The highest BCUT2D eigenvalue weighted by molar-refractivity contribution is 7.15. The summed E-state index contributed by atoms with van der Waals surface area (Å²) in [6.45, 7) is 4.20. The third-order valence-electron chi connectivity index (χ3n) is 0.925. The van der Waals surface area contributed by atoms with Crippen LogP contribution in [0.4, 0.5) is 0 Å². The van der Waals surface area contributed by atoms with Gasteiger partial charge in [-0.25, -0.2) is 0 Å². The van der Waals surface area contributed by atoms with Crippen molar-refractivity contribution < 1.29 is 4.79 Å². The molecule has 1 fully saturated rings. The number of nitrogens with zero attached hydrogens (tertiary/aromatic N) is 1. The summed E-state index contributed by atoms with van der Waals surface area (Å²) in [5, 5.41) is 0. The minimum absolute atomic E-state index is 0.0463. The molecule has 38 valence electrons. The average molecular weight is 115 g/mol. The molecule has 0 aromatic heterocycles. The van der Waals surface area contributed by atoms with Crippen molar-refractivity contribution in [2.45, 2.75) is 0 Å². The maximum absolute atomic E-state index is 10.4. The van der Waals surface area contributed by atoms with Gasteiger partial charge in [-0.3, -0.25) is 4.79 Å². The lowest BCUT2D eigenvalue weighted by Gasteiger charge is -2.27. The third kappa shape index (κ3) is 0.552. The van der Waals surface area contributed by atoms with Gasteiger partial charge < -0.3 is 4.67 Å². The molecular weight excluding hydrogens is 109 g/mol. The Balaban J connectivity index is 2.60. The van der Waals surface area contributed by atoms with Gasteiger partial charge in [0, 0.05) is 5.57 Å². The molecule has 1 heterocycles. The lowest BCUT2D eigenvalue weighted by Crippen LogP contribution is -2.37. The molecule has 1 unspecified atom stereocenters. The van der Waals surface area contributed by atoms with E-state index in [0.29, 0.717) is 12.1 Å². The van der Waals surface area contributed by atoms with Gasteiger partial charge in [0.05, 0.1) is 6.54 Å². The van der Waals surface area contributed by atoms with E-state index in [-0.39, 0.29) is 5.91 Å². The largest absolute Gasteiger partial charge is 0.319 e. The van der Waals surface area contributed by atoms with Crippen LogP contribution < -0.4 is 0 Å². The Morgan fingerprint density at radius 2 is 2.43 bits per heavy atom. The van der Waals surface area contributed by atoms with Crippen molar-refractivity contribution in [2.24, 2.45) is 0 Å². The summed E-state index contributed by atoms with van der Waals surface area (Å²) in [4.78, 5) is 10.4. The van der Waals surface area contributed by atoms with Gasteiger partial charge in [0.1, 0.15) is 0 Å². The van der Waals surface area contributed by atoms with Crippen LogP contribution in [0.15, 0.2) is 12.2 Å². The molecule has 0 spiro atoms. The number of carbonyl (C=O) groups is 1. The van der Waals surface area contributed by atoms with Crippen LogP contribution in [0.1, 0.15) is 0 Å². The molecule has 0 aliphatic carbocycles. The molecular formula is C4H6NOP. The molecule has 1 saturated heterocycles. The molecule has 1 aliphatic rings. The lowest BCUT2D eigenvalue weighted by atomic mass is 10.2. The van der Waals surface area contributed by atoms with E-state index in [1.807, 2.05) is 0 Å². The second-order valence-corrected chi connectivity index (χ2v) is 2.16. The van der Waals surface area contributed by atoms with E-state index in [0.717, 1.165) is 0 Å². The van der Waals surface area contributed by atoms with Crippen LogP contribution in [0.5, 0.6) is 0 Å². The summed E-state index contributed by atoms with van der Waals surface area (Å²) >= 11 is 0. The first-order chi connectivity index (χ1) is 3.22. The molecule has 0 aromatic rings. The maximum atomic E-state index is 10.4. The first-order valence-electron chi connectivity index (χ1n) is 1.96. The third-order valence-corrected chi connectivity index (χ3v) is 1.34. The first kappa shape index (κ1) is 4.79. The van der Waals surface area contributed by atoms with E-state index < -0.39 is 0 Å². The van der Waals surface area contributed by atoms with Gasteiger partial charge in [-0.2, -0.15) is 0 Å². The zero-order chi connectivity index (χ0) is 5.44. The standard InChI is InChI=1S/C4H6NOP/c1-3-2-5(7)4(3)6/h1-2,7H2. The van der Waals surface area contributed by atoms with Crippen LogP contribution in [-0.2, 0) is 4.79 Å². The van der Waals surface area contributed by atoms with Gasteiger partial charge in [0.2, 0.25) is 0 Å². The zero-order valence-corrected chi connectivity index (χ0v) is 5.00. The van der Waals surface area contributed by atoms with Gasteiger partial charge in [-0.1, -0.05) is 6.58 Å². The van der Waals surface area contributed by atoms with E-state index in [4.69, 9.17) is 0 Å². The van der Waals surface area contributed by atoms with Crippen molar-refractivity contribution >= 4 is 15.3 Å². The minimum atomic E-state index is 0.0463. The molecule has 7 heavy (non-hydrogen) atoms. The molecule has 0 aromatic carbocycles. The Hall–Kier alpha value is -0.360. The van der Waals surface area contributed by atoms with E-state index in [9.17, 15) is 4.79 Å². The highest BCUT2D eigenvalue weighted by atomic mass is 31.0. The summed E-state index contributed by atoms with van der Waals surface area (Å²) in [5.41, 5.74) is 0.704. The highest BCUT2D eigenvalue weighted by Crippen LogP contribution is 2.17. The fourth-order valence-electron chi connectivity index (χ4n) is 0.457. The summed E-state index contributed by atoms with van der Waals surface area (Å²) in [6, 6.07) is 0. The number of carbonyl (C=O) groups excluding carboxylic acids is 1. The molecule has 0 saturated carbocycles. The van der Waals surface area contributed by atoms with Crippen LogP contribution in [0, 0.1) is 0 Å². The molecule has 0 N–H and O–H groups in total. The maximum Gasteiger partial charge on any atom is 0.254 e. The number of hydrogen-bond donors (Lipinski definition) is 0. The van der Waals surface area contributed by atoms with Gasteiger partial charge in [-0.15, -0.1) is 0 Å². The number of amides is 1. The Morgan fingerprint density at radius 1 is 1.86 bits per heavy atom. The predicted octanol–water partition coefficient (Wildman–Crippen LogP) is 0.175. The highest BCUT2D eigenvalue weighted by Gasteiger charge is 2.23. The number of hydrogen-bond acceptors (Lipinski definition) is 1. The number of rotatable bonds is 0. The first-order valence-corrected chi connectivity index (χ1v) is 2.48. The SMILES string of the molecule is C=C1CN(P)C1=O. The van der Waals surface area contributed by atoms with Crippen LogP contribution in [0.2, 0.25) is 0 Å². The fourth-order valence-corrected chi connectivity index (χ4v) is 0.860. The quantitative estimate of drug-likeness (QED) is 0.250. The smallest absolute Gasteiger partial charge is 0.254 e. The Kier molecular flexibility index (Phi) is 0.894. The summed E-state index contributed by atoms with van der Waals surface area (Å²) in [5.74, 6) is 0.0463. The Morgan fingerprint density at radius 3 is 2.43 bits per heavy atom. The topological polar surface area (TPSA) is 20.3 Å². The van der Waals surface area contributed by atoms with Crippen molar-refractivity contribution in [1.29, 1.82) is 0 Å². The van der Waals surface area contributed by atoms with E-state index >= 15 is 0 Å². The van der Waals surface area contributed by atoms with Crippen LogP contribution in [0.3, 0.4) is 0 Å². The number of β-lactam (4-membered cyclic amide) rings is 1. The fraction of sp³-hybridized carbons (Fsp3) is 0.250. The summed E-state index contributed by atoms with van der Waals surface area (Å²) in [6.07, 6.45) is 0. The summed E-state index contributed by atoms with van der Waals surface area (Å²) in [7, 11) is 2.31. The van der Waals surface area contributed by atoms with Crippen LogP contribution in [-0.4, -0.2) is 17.1 Å². The van der Waals surface area contributed by atoms with Gasteiger partial charge >= 0.3 is 0 Å². The molecule has 1 amide bonds. The van der Waals surface area contributed by atoms with Gasteiger partial charge in [0.15, 0.2) is 0 Å². The zero-order valence-electron chi connectivity index (χ0n) is 3.85. The average Bonchev–Trinajstić information content (AvgIpc) is 1.68. The minimum Gasteiger partial charge on any atom is -0.319 e. The molecule has 1 aliphatic heterocycles. The normalized spacial score (nSPS) is 19.9. The molecule has 1 atom stereocenters. The second kappa shape index (κ2) is 1.31. The monoisotopic (exact) mass is 115 g/mol. The molecule has 0 bridgehead atoms. The van der Waals surface area contributed by atoms with Crippen molar-refractivity contribution in [1.82, 2.24) is 4.67 Å². The molecule has 2 nitrogen and oxygen atoms in total. The summed E-state index contributed by atoms with van der Waals surface area (Å²) < 4.78 is 1.54. The van der Waals surface area contributed by atoms with E-state index in [2.05, 4.69) is 16.0 Å². The van der Waals surface area contributed by atoms with Gasteiger partial charge in [-0.05, 0) is 9.39 Å². The molecule has 0 radical (unpaired) electrons. The van der Waals surface area contributed by atoms with E-state index in [1.165, 1.54) is 0 Å². The predicted molar refractivity (Wildman–Crippen MR) is 30.6 cm³/mol. The van der Waals surface area contributed by atoms with Crippen molar-refractivity contribution in [3.8, 4) is 0 Å². The van der Waals surface area contributed by atoms with Crippen LogP contribution >= 0.6 is 9.39 Å². The molecule has 1 rings (SSSR count). The molecule has 3 heteroatoms. The van der Waals surface area contributed by atoms with Crippen LogP contribution in [0.25, 0.3) is 0 Å². The van der Waals surface area contributed by atoms with Crippen molar-refractivity contribution in [3.05, 3.63) is 12.2 Å². The Labute approximate surface area is 44.4 Å². The lowest BCUT2D eigenvalue weighted by molar-refractivity contribution is -0.126. The second-order valence-electron chi connectivity index (χ2n) is 1.54. The van der Waals surface area contributed by atoms with E-state index in [1.54, 1.807) is 4.67 Å².